The molecule has 19 heavy (non-hydrogen) atoms. The summed E-state index contributed by atoms with van der Waals surface area (Å²) >= 11 is 1.33. The highest BCUT2D eigenvalue weighted by Gasteiger charge is 2.10. The molecule has 2 rings (SSSR count). The van der Waals surface area contributed by atoms with Crippen LogP contribution in [0.25, 0.3) is 0 Å². The lowest BCUT2D eigenvalue weighted by molar-refractivity contribution is 0.0702. The molecular weight excluding hydrogens is 260 g/mol. The Morgan fingerprint density at radius 2 is 2.16 bits per heavy atom. The molecule has 0 bridgehead atoms. The van der Waals surface area contributed by atoms with Crippen LogP contribution < -0.4 is 0 Å². The number of rotatable bonds is 6. The Hall–Kier alpha value is -1.72. The molecule has 0 aliphatic heterocycles. The largest absolute Gasteiger partial charge is 0.477 e. The van der Waals surface area contributed by atoms with Crippen LogP contribution in [-0.2, 0) is 13.1 Å². The maximum absolute atomic E-state index is 10.8. The summed E-state index contributed by atoms with van der Waals surface area (Å²) in [6.07, 6.45) is 1.79. The standard InChI is InChI=1S/C14H16N2O2S/c1-2-16(9-11-5-3-4-8-15-11)10-12-6-7-13(19-12)14(17)18/h3-8H,2,9-10H2,1H3,(H,17,18). The maximum atomic E-state index is 10.8. The van der Waals surface area contributed by atoms with Crippen molar-refractivity contribution < 1.29 is 9.90 Å². The molecule has 0 atom stereocenters. The summed E-state index contributed by atoms with van der Waals surface area (Å²) < 4.78 is 0. The number of aromatic carboxylic acids is 1. The SMILES string of the molecule is CCN(Cc1ccccn1)Cc1ccc(C(=O)O)s1. The second-order valence-corrected chi connectivity index (χ2v) is 5.36. The van der Waals surface area contributed by atoms with Gasteiger partial charge in [-0.05, 0) is 30.8 Å². The van der Waals surface area contributed by atoms with Gasteiger partial charge in [-0.1, -0.05) is 13.0 Å². The van der Waals surface area contributed by atoms with Crippen LogP contribution in [0.4, 0.5) is 0 Å². The van der Waals surface area contributed by atoms with Gasteiger partial charge >= 0.3 is 5.97 Å². The van der Waals surface area contributed by atoms with Crippen molar-refractivity contribution in [1.29, 1.82) is 0 Å². The highest BCUT2D eigenvalue weighted by molar-refractivity contribution is 7.13. The number of aromatic nitrogens is 1. The second kappa shape index (κ2) is 6.45. The van der Waals surface area contributed by atoms with Gasteiger partial charge in [0, 0.05) is 24.2 Å². The number of nitrogens with zero attached hydrogens (tertiary/aromatic N) is 2. The van der Waals surface area contributed by atoms with E-state index in [1.165, 1.54) is 11.3 Å². The van der Waals surface area contributed by atoms with E-state index in [4.69, 9.17) is 5.11 Å². The fourth-order valence-corrected chi connectivity index (χ4v) is 2.69. The zero-order chi connectivity index (χ0) is 13.7. The summed E-state index contributed by atoms with van der Waals surface area (Å²) in [4.78, 5) is 18.8. The van der Waals surface area contributed by atoms with Gasteiger partial charge in [-0.3, -0.25) is 9.88 Å². The van der Waals surface area contributed by atoms with E-state index in [0.29, 0.717) is 4.88 Å². The van der Waals surface area contributed by atoms with Crippen LogP contribution in [0, 0.1) is 0 Å². The molecule has 0 saturated carbocycles. The minimum atomic E-state index is -0.857. The summed E-state index contributed by atoms with van der Waals surface area (Å²) in [6.45, 7) is 4.52. The van der Waals surface area contributed by atoms with Gasteiger partial charge in [0.2, 0.25) is 0 Å². The molecule has 0 saturated heterocycles. The molecular formula is C14H16N2O2S. The topological polar surface area (TPSA) is 53.4 Å². The first-order chi connectivity index (χ1) is 9.19. The quantitative estimate of drug-likeness (QED) is 0.881. The van der Waals surface area contributed by atoms with Gasteiger partial charge < -0.3 is 5.11 Å². The Morgan fingerprint density at radius 1 is 1.32 bits per heavy atom. The smallest absolute Gasteiger partial charge is 0.345 e. The minimum Gasteiger partial charge on any atom is -0.477 e. The molecule has 0 radical (unpaired) electrons. The van der Waals surface area contributed by atoms with Gasteiger partial charge in [0.05, 0.1) is 5.69 Å². The average molecular weight is 276 g/mol. The van der Waals surface area contributed by atoms with Crippen LogP contribution in [0.2, 0.25) is 0 Å². The first-order valence-electron chi connectivity index (χ1n) is 6.13. The molecule has 0 aromatic carbocycles. The van der Waals surface area contributed by atoms with Gasteiger partial charge in [0.15, 0.2) is 0 Å². The van der Waals surface area contributed by atoms with Gasteiger partial charge in [0.1, 0.15) is 4.88 Å². The molecule has 1 N–H and O–H groups in total. The highest BCUT2D eigenvalue weighted by atomic mass is 32.1. The van der Waals surface area contributed by atoms with Gasteiger partial charge in [-0.25, -0.2) is 4.79 Å². The van der Waals surface area contributed by atoms with Gasteiger partial charge in [-0.15, -0.1) is 11.3 Å². The lowest BCUT2D eigenvalue weighted by atomic mass is 10.3. The van der Waals surface area contributed by atoms with Crippen LogP contribution in [0.1, 0.15) is 27.2 Å². The molecule has 2 aromatic rings. The predicted octanol–water partition coefficient (Wildman–Crippen LogP) is 2.86. The summed E-state index contributed by atoms with van der Waals surface area (Å²) in [5.41, 5.74) is 1.03. The lowest BCUT2D eigenvalue weighted by Crippen LogP contribution is -2.22. The van der Waals surface area contributed by atoms with E-state index in [0.717, 1.165) is 30.2 Å². The van der Waals surface area contributed by atoms with Crippen molar-refractivity contribution in [1.82, 2.24) is 9.88 Å². The molecule has 2 heterocycles. The maximum Gasteiger partial charge on any atom is 0.345 e. The first-order valence-corrected chi connectivity index (χ1v) is 6.95. The Bertz CT molecular complexity index is 539. The molecule has 2 aromatic heterocycles. The molecule has 5 heteroatoms. The van der Waals surface area contributed by atoms with Crippen LogP contribution >= 0.6 is 11.3 Å². The molecule has 0 aliphatic carbocycles. The zero-order valence-corrected chi connectivity index (χ0v) is 11.6. The summed E-state index contributed by atoms with van der Waals surface area (Å²) in [6, 6.07) is 9.42. The van der Waals surface area contributed by atoms with Crippen LogP contribution in [0.3, 0.4) is 0 Å². The third-order valence-corrected chi connectivity index (χ3v) is 3.87. The van der Waals surface area contributed by atoms with E-state index in [1.54, 1.807) is 12.3 Å². The number of hydrogen-bond acceptors (Lipinski definition) is 4. The molecule has 0 fully saturated rings. The predicted molar refractivity (Wildman–Crippen MR) is 75.3 cm³/mol. The van der Waals surface area contributed by atoms with E-state index in [2.05, 4.69) is 16.8 Å². The van der Waals surface area contributed by atoms with Crippen molar-refractivity contribution in [2.45, 2.75) is 20.0 Å². The normalized spacial score (nSPS) is 10.8. The Kier molecular flexibility index (Phi) is 4.65. The van der Waals surface area contributed by atoms with Crippen LogP contribution in [0.15, 0.2) is 36.5 Å². The Labute approximate surface area is 116 Å². The third kappa shape index (κ3) is 3.87. The van der Waals surface area contributed by atoms with Crippen molar-refractivity contribution in [2.24, 2.45) is 0 Å². The molecule has 4 nitrogen and oxygen atoms in total. The third-order valence-electron chi connectivity index (χ3n) is 2.81. The number of carboxylic acids is 1. The molecule has 100 valence electrons. The fraction of sp³-hybridized carbons (Fsp3) is 0.286. The fourth-order valence-electron chi connectivity index (χ4n) is 1.80. The average Bonchev–Trinajstić information content (AvgIpc) is 2.88. The van der Waals surface area contributed by atoms with Crippen molar-refractivity contribution in [2.75, 3.05) is 6.54 Å². The molecule has 0 amide bonds. The van der Waals surface area contributed by atoms with E-state index in [-0.39, 0.29) is 0 Å². The number of carboxylic acid groups (broad SMARTS) is 1. The number of hydrogen-bond donors (Lipinski definition) is 1. The van der Waals surface area contributed by atoms with Crippen molar-refractivity contribution in [3.8, 4) is 0 Å². The van der Waals surface area contributed by atoms with Crippen molar-refractivity contribution >= 4 is 17.3 Å². The van der Waals surface area contributed by atoms with E-state index >= 15 is 0 Å². The van der Waals surface area contributed by atoms with E-state index in [1.807, 2.05) is 24.3 Å². The minimum absolute atomic E-state index is 0.392. The highest BCUT2D eigenvalue weighted by Crippen LogP contribution is 2.19. The summed E-state index contributed by atoms with van der Waals surface area (Å²) in [5, 5.41) is 8.91. The summed E-state index contributed by atoms with van der Waals surface area (Å²) in [7, 11) is 0. The Balaban J connectivity index is 2.00. The van der Waals surface area contributed by atoms with Gasteiger partial charge in [0.25, 0.3) is 0 Å². The molecule has 0 spiro atoms. The number of pyridine rings is 1. The number of carbonyl (C=O) groups is 1. The first kappa shape index (κ1) is 13.7. The van der Waals surface area contributed by atoms with Gasteiger partial charge in [-0.2, -0.15) is 0 Å². The monoisotopic (exact) mass is 276 g/mol. The molecule has 0 aliphatic rings. The van der Waals surface area contributed by atoms with Crippen LogP contribution in [0.5, 0.6) is 0 Å². The van der Waals surface area contributed by atoms with Crippen molar-refractivity contribution in [3.63, 3.8) is 0 Å². The van der Waals surface area contributed by atoms with E-state index in [9.17, 15) is 4.79 Å². The number of thiophene rings is 1. The lowest BCUT2D eigenvalue weighted by Gasteiger charge is -2.18. The molecule has 0 unspecified atom stereocenters. The second-order valence-electron chi connectivity index (χ2n) is 4.20. The Morgan fingerprint density at radius 3 is 2.74 bits per heavy atom. The summed E-state index contributed by atoms with van der Waals surface area (Å²) in [5.74, 6) is -0.857. The van der Waals surface area contributed by atoms with Crippen LogP contribution in [-0.4, -0.2) is 27.5 Å². The van der Waals surface area contributed by atoms with Crippen molar-refractivity contribution in [3.05, 3.63) is 52.0 Å². The zero-order valence-electron chi connectivity index (χ0n) is 10.7. The van der Waals surface area contributed by atoms with E-state index < -0.39 is 5.97 Å².